The highest BCUT2D eigenvalue weighted by molar-refractivity contribution is 6.34. The number of rotatable bonds is 1. The van der Waals surface area contributed by atoms with Crippen molar-refractivity contribution in [3.05, 3.63) is 28.8 Å². The molecule has 1 aliphatic rings. The number of phenols is 2. The second kappa shape index (κ2) is 5.46. The minimum absolute atomic E-state index is 0.0300. The predicted octanol–water partition coefficient (Wildman–Crippen LogP) is 4.49. The number of hydrogen-bond acceptors (Lipinski definition) is 2. The van der Waals surface area contributed by atoms with Crippen LogP contribution in [0, 0.1) is 0 Å². The monoisotopic (exact) mass is 252 g/mol. The summed E-state index contributed by atoms with van der Waals surface area (Å²) in [5.41, 5.74) is 1.66. The number of aromatic hydroxyl groups is 2. The maximum atomic E-state index is 9.89. The van der Waals surface area contributed by atoms with Crippen LogP contribution >= 0.6 is 11.6 Å². The van der Waals surface area contributed by atoms with Gasteiger partial charge in [0.05, 0.1) is 5.02 Å². The van der Waals surface area contributed by atoms with Crippen molar-refractivity contribution >= 4 is 17.2 Å². The Morgan fingerprint density at radius 2 is 1.65 bits per heavy atom. The van der Waals surface area contributed by atoms with Crippen molar-refractivity contribution < 1.29 is 10.2 Å². The molecule has 0 radical (unpaired) electrons. The maximum absolute atomic E-state index is 9.89. The van der Waals surface area contributed by atoms with Gasteiger partial charge in [0.15, 0.2) is 0 Å². The molecule has 0 aliphatic heterocycles. The normalized spacial score (nSPS) is 17.1. The predicted molar refractivity (Wildman–Crippen MR) is 70.5 cm³/mol. The van der Waals surface area contributed by atoms with Crippen LogP contribution in [-0.2, 0) is 0 Å². The standard InChI is InChI=1S/C14H17ClO2/c15-14-12(17)9-8-11(16)13(14)10-6-4-2-1-3-5-7-10/h6,8-9,16-17H,1-5,7H2. The number of allylic oxidation sites excluding steroid dienone is 2. The van der Waals surface area contributed by atoms with Crippen LogP contribution in [0.4, 0.5) is 0 Å². The van der Waals surface area contributed by atoms with Gasteiger partial charge in [-0.1, -0.05) is 30.5 Å². The van der Waals surface area contributed by atoms with Crippen LogP contribution in [0.15, 0.2) is 18.2 Å². The van der Waals surface area contributed by atoms with Gasteiger partial charge in [0.1, 0.15) is 11.5 Å². The van der Waals surface area contributed by atoms with Crippen LogP contribution in [0.3, 0.4) is 0 Å². The summed E-state index contributed by atoms with van der Waals surface area (Å²) in [6, 6.07) is 2.92. The average molecular weight is 253 g/mol. The molecule has 0 spiro atoms. The highest BCUT2D eigenvalue weighted by atomic mass is 35.5. The Morgan fingerprint density at radius 3 is 2.47 bits per heavy atom. The fourth-order valence-electron chi connectivity index (χ4n) is 2.28. The topological polar surface area (TPSA) is 40.5 Å². The van der Waals surface area contributed by atoms with Gasteiger partial charge in [-0.05, 0) is 43.4 Å². The van der Waals surface area contributed by atoms with Gasteiger partial charge < -0.3 is 10.2 Å². The molecule has 0 saturated heterocycles. The van der Waals surface area contributed by atoms with Crippen molar-refractivity contribution in [2.24, 2.45) is 0 Å². The Bertz CT molecular complexity index is 438. The molecule has 0 fully saturated rings. The van der Waals surface area contributed by atoms with Gasteiger partial charge in [0.25, 0.3) is 0 Å². The largest absolute Gasteiger partial charge is 0.507 e. The lowest BCUT2D eigenvalue weighted by molar-refractivity contribution is 0.458. The van der Waals surface area contributed by atoms with E-state index in [9.17, 15) is 10.2 Å². The molecule has 1 aromatic rings. The Hall–Kier alpha value is -1.15. The third-order valence-corrected chi connectivity index (χ3v) is 3.59. The van der Waals surface area contributed by atoms with E-state index < -0.39 is 0 Å². The molecule has 0 amide bonds. The van der Waals surface area contributed by atoms with Crippen molar-refractivity contribution in [3.8, 4) is 11.5 Å². The Morgan fingerprint density at radius 1 is 0.941 bits per heavy atom. The van der Waals surface area contributed by atoms with Gasteiger partial charge in [-0.3, -0.25) is 0 Å². The van der Waals surface area contributed by atoms with Crippen molar-refractivity contribution in [3.63, 3.8) is 0 Å². The SMILES string of the molecule is Oc1ccc(O)c(C2=CCCCCCC2)c1Cl. The zero-order valence-electron chi connectivity index (χ0n) is 9.75. The van der Waals surface area contributed by atoms with Crippen LogP contribution < -0.4 is 0 Å². The van der Waals surface area contributed by atoms with E-state index in [-0.39, 0.29) is 16.5 Å². The first kappa shape index (κ1) is 12.3. The van der Waals surface area contributed by atoms with Gasteiger partial charge in [-0.15, -0.1) is 0 Å². The van der Waals surface area contributed by atoms with Crippen molar-refractivity contribution in [2.75, 3.05) is 0 Å². The second-order valence-electron chi connectivity index (χ2n) is 4.48. The number of halogens is 1. The molecule has 0 aromatic heterocycles. The van der Waals surface area contributed by atoms with E-state index in [2.05, 4.69) is 6.08 Å². The Labute approximate surface area is 107 Å². The minimum Gasteiger partial charge on any atom is -0.507 e. The number of benzene rings is 1. The molecular weight excluding hydrogens is 236 g/mol. The quantitative estimate of drug-likeness (QED) is 0.723. The van der Waals surface area contributed by atoms with E-state index in [0.29, 0.717) is 5.56 Å². The lowest BCUT2D eigenvalue weighted by atomic mass is 9.94. The van der Waals surface area contributed by atoms with Gasteiger partial charge >= 0.3 is 0 Å². The van der Waals surface area contributed by atoms with Crippen LogP contribution in [0.2, 0.25) is 5.02 Å². The number of phenolic OH excluding ortho intramolecular Hbond substituents is 2. The van der Waals surface area contributed by atoms with Crippen molar-refractivity contribution in [1.29, 1.82) is 0 Å². The van der Waals surface area contributed by atoms with Crippen LogP contribution in [0.1, 0.15) is 44.1 Å². The minimum atomic E-state index is 0.0300. The third-order valence-electron chi connectivity index (χ3n) is 3.21. The summed E-state index contributed by atoms with van der Waals surface area (Å²) in [5.74, 6) is 0.182. The summed E-state index contributed by atoms with van der Waals surface area (Å²) in [6.45, 7) is 0. The van der Waals surface area contributed by atoms with Crippen LogP contribution in [0.5, 0.6) is 11.5 Å². The van der Waals surface area contributed by atoms with E-state index in [4.69, 9.17) is 11.6 Å². The molecular formula is C14H17ClO2. The lowest BCUT2D eigenvalue weighted by Gasteiger charge is -2.15. The molecule has 0 saturated carbocycles. The molecule has 2 nitrogen and oxygen atoms in total. The van der Waals surface area contributed by atoms with Gasteiger partial charge in [-0.2, -0.15) is 0 Å². The third kappa shape index (κ3) is 2.75. The van der Waals surface area contributed by atoms with Crippen molar-refractivity contribution in [1.82, 2.24) is 0 Å². The summed E-state index contributed by atoms with van der Waals surface area (Å²) >= 11 is 6.08. The lowest BCUT2D eigenvalue weighted by Crippen LogP contribution is -1.92. The molecule has 17 heavy (non-hydrogen) atoms. The average Bonchev–Trinajstić information content (AvgIpc) is 2.26. The summed E-state index contributed by atoms with van der Waals surface area (Å²) in [6.07, 6.45) is 8.84. The van der Waals surface area contributed by atoms with E-state index in [1.807, 2.05) is 0 Å². The highest BCUT2D eigenvalue weighted by Crippen LogP contribution is 2.40. The Balaban J connectivity index is 2.40. The Kier molecular flexibility index (Phi) is 3.95. The molecule has 0 atom stereocenters. The second-order valence-corrected chi connectivity index (χ2v) is 4.85. The molecule has 2 rings (SSSR count). The summed E-state index contributed by atoms with van der Waals surface area (Å²) in [5, 5.41) is 19.8. The first-order valence-corrected chi connectivity index (χ1v) is 6.48. The molecule has 0 heterocycles. The molecule has 1 aliphatic carbocycles. The van der Waals surface area contributed by atoms with Gasteiger partial charge in [0, 0.05) is 5.56 Å². The number of hydrogen-bond donors (Lipinski definition) is 2. The highest BCUT2D eigenvalue weighted by Gasteiger charge is 2.15. The fourth-order valence-corrected chi connectivity index (χ4v) is 2.56. The molecule has 3 heteroatoms. The molecule has 0 unspecified atom stereocenters. The van der Waals surface area contributed by atoms with E-state index >= 15 is 0 Å². The zero-order valence-corrected chi connectivity index (χ0v) is 10.5. The molecule has 0 bridgehead atoms. The molecule has 2 N–H and O–H groups in total. The summed E-state index contributed by atoms with van der Waals surface area (Å²) in [7, 11) is 0. The first-order valence-electron chi connectivity index (χ1n) is 6.10. The van der Waals surface area contributed by atoms with E-state index in [1.54, 1.807) is 0 Å². The zero-order chi connectivity index (χ0) is 12.3. The maximum Gasteiger partial charge on any atom is 0.135 e. The molecule has 1 aromatic carbocycles. The van der Waals surface area contributed by atoms with E-state index in [0.717, 1.165) is 24.8 Å². The summed E-state index contributed by atoms with van der Waals surface area (Å²) in [4.78, 5) is 0. The first-order chi connectivity index (χ1) is 8.20. The molecule has 92 valence electrons. The van der Waals surface area contributed by atoms with Crippen LogP contribution in [-0.4, -0.2) is 10.2 Å². The summed E-state index contributed by atoms with van der Waals surface area (Å²) < 4.78 is 0. The smallest absolute Gasteiger partial charge is 0.135 e. The van der Waals surface area contributed by atoms with Gasteiger partial charge in [0.2, 0.25) is 0 Å². The van der Waals surface area contributed by atoms with Crippen LogP contribution in [0.25, 0.3) is 5.57 Å². The van der Waals surface area contributed by atoms with Crippen molar-refractivity contribution in [2.45, 2.75) is 38.5 Å². The van der Waals surface area contributed by atoms with E-state index in [1.165, 1.54) is 31.4 Å². The fraction of sp³-hybridized carbons (Fsp3) is 0.429. The van der Waals surface area contributed by atoms with Gasteiger partial charge in [-0.25, -0.2) is 0 Å².